The number of nitrogens with zero attached hydrogens (tertiary/aromatic N) is 1. The van der Waals surface area contributed by atoms with E-state index in [9.17, 15) is 4.79 Å². The first-order valence-corrected chi connectivity index (χ1v) is 7.81. The van der Waals surface area contributed by atoms with Crippen molar-refractivity contribution in [3.63, 3.8) is 0 Å². The average Bonchev–Trinajstić information content (AvgIpc) is 2.76. The Kier molecular flexibility index (Phi) is 4.23. The van der Waals surface area contributed by atoms with Crippen molar-refractivity contribution in [2.75, 3.05) is 23.9 Å². The lowest BCUT2D eigenvalue weighted by atomic mass is 10.3. The second-order valence-electron chi connectivity index (χ2n) is 3.83. The van der Waals surface area contributed by atoms with E-state index in [0.29, 0.717) is 0 Å². The van der Waals surface area contributed by atoms with Gasteiger partial charge in [0.1, 0.15) is 0 Å². The minimum atomic E-state index is 0.000697. The topological polar surface area (TPSA) is 32.3 Å². The molecule has 0 spiro atoms. The number of hydrogen-bond donors (Lipinski definition) is 1. The van der Waals surface area contributed by atoms with Gasteiger partial charge in [-0.3, -0.25) is 0 Å². The van der Waals surface area contributed by atoms with Gasteiger partial charge in [0, 0.05) is 22.9 Å². The minimum Gasteiger partial charge on any atom is -0.312 e. The molecule has 1 saturated heterocycles. The Bertz CT molecular complexity index is 411. The highest BCUT2D eigenvalue weighted by atomic mass is 32.2. The first-order valence-electron chi connectivity index (χ1n) is 5.54. The highest BCUT2D eigenvalue weighted by molar-refractivity contribution is 8.00. The number of rotatable bonds is 2. The maximum Gasteiger partial charge on any atom is 0.322 e. The van der Waals surface area contributed by atoms with Gasteiger partial charge in [-0.15, -0.1) is 23.5 Å². The van der Waals surface area contributed by atoms with E-state index in [0.717, 1.165) is 22.9 Å². The van der Waals surface area contributed by atoms with Crippen LogP contribution >= 0.6 is 23.5 Å². The predicted octanol–water partition coefficient (Wildman–Crippen LogP) is 3.34. The number of amides is 2. The van der Waals surface area contributed by atoms with E-state index in [1.165, 1.54) is 0 Å². The molecular formula is C12H16N2OS2. The molecule has 1 aliphatic heterocycles. The summed E-state index contributed by atoms with van der Waals surface area (Å²) >= 11 is 3.49. The number of nitrogens with one attached hydrogen (secondary N) is 1. The third-order valence-corrected chi connectivity index (χ3v) is 4.59. The minimum absolute atomic E-state index is 0.000697. The number of carbonyl (C=O) groups is 1. The Morgan fingerprint density at radius 1 is 1.59 bits per heavy atom. The Hall–Kier alpha value is -0.810. The standard InChI is InChI=1S/C12H16N2OS2/c1-9-14(6-7-17-9)12(15)13-10-4-3-5-11(8-10)16-2/h3-5,8-9H,6-7H2,1-2H3,(H,13,15). The lowest BCUT2D eigenvalue weighted by Gasteiger charge is -2.21. The zero-order valence-electron chi connectivity index (χ0n) is 9.97. The molecule has 1 fully saturated rings. The smallest absolute Gasteiger partial charge is 0.312 e. The highest BCUT2D eigenvalue weighted by Crippen LogP contribution is 2.24. The van der Waals surface area contributed by atoms with Crippen LogP contribution in [0.2, 0.25) is 0 Å². The van der Waals surface area contributed by atoms with Crippen molar-refractivity contribution >= 4 is 35.2 Å². The van der Waals surface area contributed by atoms with Crippen molar-refractivity contribution in [1.82, 2.24) is 4.90 Å². The summed E-state index contributed by atoms with van der Waals surface area (Å²) < 4.78 is 0. The molecule has 1 aromatic rings. The summed E-state index contributed by atoms with van der Waals surface area (Å²) in [6, 6.07) is 7.92. The van der Waals surface area contributed by atoms with Crippen molar-refractivity contribution in [2.24, 2.45) is 0 Å². The van der Waals surface area contributed by atoms with Gasteiger partial charge in [0.15, 0.2) is 0 Å². The van der Waals surface area contributed by atoms with Crippen LogP contribution in [0.3, 0.4) is 0 Å². The number of anilines is 1. The SMILES string of the molecule is CSc1cccc(NC(=O)N2CCSC2C)c1. The molecule has 1 heterocycles. The summed E-state index contributed by atoms with van der Waals surface area (Å²) in [6.45, 7) is 2.90. The van der Waals surface area contributed by atoms with E-state index in [2.05, 4.69) is 12.2 Å². The average molecular weight is 268 g/mol. The fourth-order valence-electron chi connectivity index (χ4n) is 1.76. The van der Waals surface area contributed by atoms with Crippen LogP contribution < -0.4 is 5.32 Å². The van der Waals surface area contributed by atoms with Crippen LogP contribution in [0.15, 0.2) is 29.2 Å². The van der Waals surface area contributed by atoms with E-state index in [1.54, 1.807) is 11.8 Å². The molecular weight excluding hydrogens is 252 g/mol. The molecule has 0 saturated carbocycles. The van der Waals surface area contributed by atoms with Crippen molar-refractivity contribution < 1.29 is 4.79 Å². The first-order chi connectivity index (χ1) is 8.20. The van der Waals surface area contributed by atoms with Gasteiger partial charge in [-0.1, -0.05) is 6.07 Å². The maximum absolute atomic E-state index is 12.0. The van der Waals surface area contributed by atoms with E-state index in [4.69, 9.17) is 0 Å². The van der Waals surface area contributed by atoms with E-state index < -0.39 is 0 Å². The normalized spacial score (nSPS) is 19.4. The molecule has 2 rings (SSSR count). The third-order valence-electron chi connectivity index (χ3n) is 2.71. The van der Waals surface area contributed by atoms with Crippen LogP contribution in [0.1, 0.15) is 6.92 Å². The molecule has 0 radical (unpaired) electrons. The van der Waals surface area contributed by atoms with Gasteiger partial charge in [-0.2, -0.15) is 0 Å². The van der Waals surface area contributed by atoms with Crippen LogP contribution in [-0.2, 0) is 0 Å². The Morgan fingerprint density at radius 3 is 3.06 bits per heavy atom. The second-order valence-corrected chi connectivity index (χ2v) is 6.13. The highest BCUT2D eigenvalue weighted by Gasteiger charge is 2.25. The molecule has 17 heavy (non-hydrogen) atoms. The fourth-order valence-corrected chi connectivity index (χ4v) is 3.24. The zero-order valence-corrected chi connectivity index (χ0v) is 11.6. The lowest BCUT2D eigenvalue weighted by Crippen LogP contribution is -2.36. The van der Waals surface area contributed by atoms with Crippen LogP contribution in [0.25, 0.3) is 0 Å². The zero-order chi connectivity index (χ0) is 12.3. The monoisotopic (exact) mass is 268 g/mol. The van der Waals surface area contributed by atoms with Crippen LogP contribution in [-0.4, -0.2) is 34.9 Å². The molecule has 0 aromatic heterocycles. The summed E-state index contributed by atoms with van der Waals surface area (Å²) in [5.41, 5.74) is 0.867. The number of benzene rings is 1. The van der Waals surface area contributed by atoms with Gasteiger partial charge >= 0.3 is 6.03 Å². The summed E-state index contributed by atoms with van der Waals surface area (Å²) in [6.07, 6.45) is 2.03. The number of urea groups is 1. The predicted molar refractivity (Wildman–Crippen MR) is 75.9 cm³/mol. The quantitative estimate of drug-likeness (QED) is 0.835. The molecule has 0 aliphatic carbocycles. The van der Waals surface area contributed by atoms with Crippen molar-refractivity contribution in [2.45, 2.75) is 17.2 Å². The molecule has 1 aromatic carbocycles. The molecule has 1 N–H and O–H groups in total. The van der Waals surface area contributed by atoms with Gasteiger partial charge in [0.25, 0.3) is 0 Å². The molecule has 92 valence electrons. The molecule has 0 bridgehead atoms. The summed E-state index contributed by atoms with van der Waals surface area (Å²) in [4.78, 5) is 15.0. The largest absolute Gasteiger partial charge is 0.322 e. The Balaban J connectivity index is 2.02. The second kappa shape index (κ2) is 5.69. The third kappa shape index (κ3) is 3.10. The van der Waals surface area contributed by atoms with Crippen LogP contribution in [0.4, 0.5) is 10.5 Å². The van der Waals surface area contributed by atoms with Crippen LogP contribution in [0.5, 0.6) is 0 Å². The van der Waals surface area contributed by atoms with Crippen LogP contribution in [0, 0.1) is 0 Å². The maximum atomic E-state index is 12.0. The van der Waals surface area contributed by atoms with Gasteiger partial charge in [-0.25, -0.2) is 4.79 Å². The summed E-state index contributed by atoms with van der Waals surface area (Å²) in [5, 5.41) is 3.23. The Morgan fingerprint density at radius 2 is 2.41 bits per heavy atom. The van der Waals surface area contributed by atoms with Gasteiger partial charge in [-0.05, 0) is 31.4 Å². The molecule has 1 aliphatic rings. The molecule has 1 unspecified atom stereocenters. The van der Waals surface area contributed by atoms with E-state index in [1.807, 2.05) is 47.2 Å². The van der Waals surface area contributed by atoms with E-state index >= 15 is 0 Å². The molecule has 1 atom stereocenters. The molecule has 3 nitrogen and oxygen atoms in total. The number of hydrogen-bond acceptors (Lipinski definition) is 3. The number of carbonyl (C=O) groups excluding carboxylic acids is 1. The van der Waals surface area contributed by atoms with E-state index in [-0.39, 0.29) is 11.4 Å². The van der Waals surface area contributed by atoms with Gasteiger partial charge in [0.05, 0.1) is 5.37 Å². The molecule has 5 heteroatoms. The fraction of sp³-hybridized carbons (Fsp3) is 0.417. The van der Waals surface area contributed by atoms with Gasteiger partial charge in [0.2, 0.25) is 0 Å². The summed E-state index contributed by atoms with van der Waals surface area (Å²) in [7, 11) is 0. The lowest BCUT2D eigenvalue weighted by molar-refractivity contribution is 0.216. The van der Waals surface area contributed by atoms with Crippen molar-refractivity contribution in [1.29, 1.82) is 0 Å². The van der Waals surface area contributed by atoms with Gasteiger partial charge < -0.3 is 10.2 Å². The van der Waals surface area contributed by atoms with Crippen molar-refractivity contribution in [3.05, 3.63) is 24.3 Å². The molecule has 2 amide bonds. The Labute approximate surface area is 110 Å². The first kappa shape index (κ1) is 12.6. The van der Waals surface area contributed by atoms with Crippen molar-refractivity contribution in [3.8, 4) is 0 Å². The number of thioether (sulfide) groups is 2. The summed E-state index contributed by atoms with van der Waals surface area (Å²) in [5.74, 6) is 1.03.